The van der Waals surface area contributed by atoms with Gasteiger partial charge in [-0.2, -0.15) is 0 Å². The predicted molar refractivity (Wildman–Crippen MR) is 109 cm³/mol. The molecule has 0 aromatic carbocycles. The number of methoxy groups -OCH3 is 1. The summed E-state index contributed by atoms with van der Waals surface area (Å²) in [5, 5.41) is 0. The Morgan fingerprint density at radius 3 is 2.19 bits per heavy atom. The maximum absolute atomic E-state index is 11.8. The molecule has 0 aromatic heterocycles. The van der Waals surface area contributed by atoms with Crippen molar-refractivity contribution in [2.45, 2.75) is 97.5 Å². The van der Waals surface area contributed by atoms with Crippen LogP contribution in [0.25, 0.3) is 0 Å². The highest BCUT2D eigenvalue weighted by molar-refractivity contribution is 5.66. The molecule has 0 amide bonds. The van der Waals surface area contributed by atoms with E-state index >= 15 is 0 Å². The van der Waals surface area contributed by atoms with Crippen molar-refractivity contribution in [2.75, 3.05) is 13.7 Å². The zero-order valence-corrected chi connectivity index (χ0v) is 20.1. The third-order valence-electron chi connectivity index (χ3n) is 6.81. The molecule has 0 saturated carbocycles. The number of hydrogen-bond donors (Lipinski definition) is 0. The Labute approximate surface area is 189 Å². The van der Waals surface area contributed by atoms with Gasteiger partial charge < -0.3 is 33.2 Å². The maximum Gasteiger partial charge on any atom is 0.303 e. The Morgan fingerprint density at radius 2 is 1.59 bits per heavy atom. The number of fused-ring (bicyclic) bond motifs is 1. The highest BCUT2D eigenvalue weighted by Gasteiger charge is 2.57. The Kier molecular flexibility index (Phi) is 7.84. The van der Waals surface area contributed by atoms with Crippen LogP contribution in [0, 0.1) is 17.8 Å². The van der Waals surface area contributed by atoms with Gasteiger partial charge in [-0.3, -0.25) is 14.3 Å². The lowest BCUT2D eigenvalue weighted by Gasteiger charge is -2.47. The summed E-state index contributed by atoms with van der Waals surface area (Å²) in [6.07, 6.45) is -3.88. The van der Waals surface area contributed by atoms with Crippen LogP contribution in [0.1, 0.15) is 48.5 Å². The van der Waals surface area contributed by atoms with Gasteiger partial charge in [-0.15, -0.1) is 0 Å². The summed E-state index contributed by atoms with van der Waals surface area (Å²) in [5.74, 6) is -2.31. The second-order valence-electron chi connectivity index (χ2n) is 9.07. The van der Waals surface area contributed by atoms with Gasteiger partial charge in [0, 0.05) is 39.7 Å². The van der Waals surface area contributed by atoms with Crippen molar-refractivity contribution >= 4 is 11.9 Å². The quantitative estimate of drug-likeness (QED) is 0.546. The Hall–Kier alpha value is -1.30. The van der Waals surface area contributed by atoms with E-state index in [9.17, 15) is 9.59 Å². The van der Waals surface area contributed by atoms with Gasteiger partial charge >= 0.3 is 11.9 Å². The van der Waals surface area contributed by atoms with Crippen molar-refractivity contribution in [3.63, 3.8) is 0 Å². The first kappa shape index (κ1) is 25.3. The van der Waals surface area contributed by atoms with E-state index in [1.54, 1.807) is 6.92 Å². The first-order valence-electron chi connectivity index (χ1n) is 11.1. The highest BCUT2D eigenvalue weighted by atomic mass is 16.9. The Bertz CT molecular complexity index is 684. The molecule has 3 saturated heterocycles. The van der Waals surface area contributed by atoms with Crippen molar-refractivity contribution in [1.82, 2.24) is 0 Å². The molecule has 184 valence electrons. The smallest absolute Gasteiger partial charge is 0.303 e. The molecule has 0 spiro atoms. The van der Waals surface area contributed by atoms with E-state index in [0.29, 0.717) is 0 Å². The first-order valence-corrected chi connectivity index (χ1v) is 11.1. The number of carbonyl (C=O) groups is 2. The summed E-state index contributed by atoms with van der Waals surface area (Å²) in [6.45, 7) is 12.3. The van der Waals surface area contributed by atoms with E-state index in [-0.39, 0.29) is 30.5 Å². The molecular formula is C22H36O10. The highest BCUT2D eigenvalue weighted by Crippen LogP contribution is 2.42. The average Bonchev–Trinajstić information content (AvgIpc) is 3.05. The van der Waals surface area contributed by atoms with Crippen LogP contribution in [0.15, 0.2) is 0 Å². The lowest BCUT2D eigenvalue weighted by Crippen LogP contribution is -2.59. The molecule has 32 heavy (non-hydrogen) atoms. The van der Waals surface area contributed by atoms with Crippen LogP contribution in [0.2, 0.25) is 0 Å². The van der Waals surface area contributed by atoms with Gasteiger partial charge in [-0.1, -0.05) is 20.8 Å². The minimum Gasteiger partial charge on any atom is -0.463 e. The summed E-state index contributed by atoms with van der Waals surface area (Å²) in [4.78, 5) is 23.2. The Morgan fingerprint density at radius 1 is 0.906 bits per heavy atom. The zero-order valence-electron chi connectivity index (χ0n) is 20.1. The van der Waals surface area contributed by atoms with Crippen LogP contribution >= 0.6 is 0 Å². The third kappa shape index (κ3) is 5.26. The summed E-state index contributed by atoms with van der Waals surface area (Å²) >= 11 is 0. The fraction of sp³-hybridized carbons (Fsp3) is 0.909. The summed E-state index contributed by atoms with van der Waals surface area (Å²) in [5.41, 5.74) is 0. The fourth-order valence-corrected chi connectivity index (χ4v) is 4.40. The van der Waals surface area contributed by atoms with Crippen LogP contribution in [0.4, 0.5) is 0 Å². The standard InChI is InChI=1S/C22H36O10/c1-10-11(2)18(28-15(6)24)20(29-16(10)9-26-14(5)23)30-17-12(3)13(4)27-21-19(17)31-22(7,25-8)32-21/h10-13,16-21H,9H2,1-8H3/t10-,11?,12-,13?,16+,17+,18?,19?,20+,21-,22?/m0/s1. The SMILES string of the molecule is COC1(C)OC2[C@@H](OC(C)[C@H](C)[C@H]2O[C@H]2O[C@H](COC(C)=O)[C@@H](C)C(C)C2OC(C)=O)O1. The van der Waals surface area contributed by atoms with E-state index in [4.69, 9.17) is 37.9 Å². The fourth-order valence-electron chi connectivity index (χ4n) is 4.40. The van der Waals surface area contributed by atoms with E-state index in [0.717, 1.165) is 0 Å². The third-order valence-corrected chi connectivity index (χ3v) is 6.81. The molecule has 3 fully saturated rings. The molecule has 10 nitrogen and oxygen atoms in total. The molecule has 11 atom stereocenters. The predicted octanol–water partition coefficient (Wildman–Crippen LogP) is 1.98. The normalized spacial score (nSPS) is 46.4. The Balaban J connectivity index is 1.84. The van der Waals surface area contributed by atoms with Gasteiger partial charge in [-0.05, 0) is 12.8 Å². The molecule has 3 aliphatic rings. The van der Waals surface area contributed by atoms with Gasteiger partial charge in [0.25, 0.3) is 5.97 Å². The van der Waals surface area contributed by atoms with Crippen LogP contribution in [-0.4, -0.2) is 74.7 Å². The molecule has 3 heterocycles. The van der Waals surface area contributed by atoms with Crippen molar-refractivity contribution in [1.29, 1.82) is 0 Å². The maximum atomic E-state index is 11.8. The lowest BCUT2D eigenvalue weighted by molar-refractivity contribution is -0.334. The topological polar surface area (TPSA) is 108 Å². The molecule has 0 N–H and O–H groups in total. The molecule has 10 heteroatoms. The largest absolute Gasteiger partial charge is 0.463 e. The molecule has 0 bridgehead atoms. The molecule has 0 aliphatic carbocycles. The number of esters is 2. The van der Waals surface area contributed by atoms with Gasteiger partial charge in [0.1, 0.15) is 12.7 Å². The second-order valence-corrected chi connectivity index (χ2v) is 9.07. The number of ether oxygens (including phenoxy) is 8. The van der Waals surface area contributed by atoms with E-state index < -0.39 is 54.9 Å². The van der Waals surface area contributed by atoms with E-state index in [1.165, 1.54) is 21.0 Å². The molecule has 0 radical (unpaired) electrons. The summed E-state index contributed by atoms with van der Waals surface area (Å²) in [6, 6.07) is 0. The zero-order chi connectivity index (χ0) is 23.8. The van der Waals surface area contributed by atoms with Crippen LogP contribution in [0.5, 0.6) is 0 Å². The lowest BCUT2D eigenvalue weighted by atomic mass is 9.83. The van der Waals surface area contributed by atoms with Crippen molar-refractivity contribution in [3.8, 4) is 0 Å². The number of rotatable bonds is 6. The van der Waals surface area contributed by atoms with Crippen LogP contribution in [-0.2, 0) is 47.5 Å². The second kappa shape index (κ2) is 9.90. The summed E-state index contributed by atoms with van der Waals surface area (Å²) in [7, 11) is 1.49. The minimum absolute atomic E-state index is 0.0415. The van der Waals surface area contributed by atoms with Crippen molar-refractivity contribution < 1.29 is 47.5 Å². The first-order chi connectivity index (χ1) is 15.0. The minimum atomic E-state index is -1.26. The van der Waals surface area contributed by atoms with Crippen molar-refractivity contribution in [2.24, 2.45) is 17.8 Å². The van der Waals surface area contributed by atoms with Crippen molar-refractivity contribution in [3.05, 3.63) is 0 Å². The summed E-state index contributed by atoms with van der Waals surface area (Å²) < 4.78 is 46.6. The number of carbonyl (C=O) groups excluding carboxylic acids is 2. The van der Waals surface area contributed by atoms with E-state index in [2.05, 4.69) is 0 Å². The van der Waals surface area contributed by atoms with E-state index in [1.807, 2.05) is 27.7 Å². The van der Waals surface area contributed by atoms with Gasteiger partial charge in [0.15, 0.2) is 18.7 Å². The average molecular weight is 461 g/mol. The molecule has 3 aliphatic heterocycles. The monoisotopic (exact) mass is 460 g/mol. The van der Waals surface area contributed by atoms with Gasteiger partial charge in [0.05, 0.1) is 18.3 Å². The van der Waals surface area contributed by atoms with Gasteiger partial charge in [0.2, 0.25) is 0 Å². The van der Waals surface area contributed by atoms with Gasteiger partial charge in [-0.25, -0.2) is 0 Å². The molecule has 5 unspecified atom stereocenters. The van der Waals surface area contributed by atoms with Crippen LogP contribution in [0.3, 0.4) is 0 Å². The van der Waals surface area contributed by atoms with Crippen LogP contribution < -0.4 is 0 Å². The molecule has 3 rings (SSSR count). The molecular weight excluding hydrogens is 424 g/mol. The molecule has 0 aromatic rings. The number of hydrogen-bond acceptors (Lipinski definition) is 10.